The number of rotatable bonds is 6. The van der Waals surface area contributed by atoms with Crippen molar-refractivity contribution in [3.05, 3.63) is 72.1 Å². The van der Waals surface area contributed by atoms with E-state index in [9.17, 15) is 8.42 Å². The fraction of sp³-hybridized carbons (Fsp3) is 0.0952. The van der Waals surface area contributed by atoms with Gasteiger partial charge in [0.1, 0.15) is 5.75 Å². The van der Waals surface area contributed by atoms with Crippen LogP contribution < -0.4 is 9.46 Å². The van der Waals surface area contributed by atoms with Gasteiger partial charge in [-0.05, 0) is 48.0 Å². The van der Waals surface area contributed by atoms with Crippen molar-refractivity contribution in [2.75, 3.05) is 11.3 Å². The summed E-state index contributed by atoms with van der Waals surface area (Å²) in [7, 11) is -3.71. The monoisotopic (exact) mass is 410 g/mol. The lowest BCUT2D eigenvalue weighted by Gasteiger charge is -2.07. The Labute approximate surface area is 167 Å². The lowest BCUT2D eigenvalue weighted by Crippen LogP contribution is -2.12. The van der Waals surface area contributed by atoms with Crippen molar-refractivity contribution in [1.82, 2.24) is 4.98 Å². The van der Waals surface area contributed by atoms with Gasteiger partial charge in [0.2, 0.25) is 0 Å². The Balaban J connectivity index is 1.56. The largest absolute Gasteiger partial charge is 0.494 e. The molecular weight excluding hydrogens is 392 g/mol. The predicted molar refractivity (Wildman–Crippen MR) is 113 cm³/mol. The number of anilines is 1. The number of nitrogens with one attached hydrogen (secondary N) is 1. The lowest BCUT2D eigenvalue weighted by molar-refractivity contribution is 0.340. The van der Waals surface area contributed by atoms with Gasteiger partial charge in [0.05, 0.1) is 17.2 Å². The van der Waals surface area contributed by atoms with Crippen LogP contribution in [0.4, 0.5) is 5.13 Å². The Hall–Kier alpha value is -2.90. The van der Waals surface area contributed by atoms with Crippen LogP contribution in [0.25, 0.3) is 22.0 Å². The second kappa shape index (κ2) is 7.61. The van der Waals surface area contributed by atoms with Crippen molar-refractivity contribution in [2.45, 2.75) is 11.8 Å². The van der Waals surface area contributed by atoms with Crippen molar-refractivity contribution in [2.24, 2.45) is 0 Å². The molecular formula is C21H18N2O3S2. The zero-order valence-corrected chi connectivity index (χ0v) is 16.8. The molecule has 0 aliphatic rings. The second-order valence-corrected chi connectivity index (χ2v) is 8.65. The van der Waals surface area contributed by atoms with Gasteiger partial charge in [0, 0.05) is 10.9 Å². The molecule has 1 N–H and O–H groups in total. The van der Waals surface area contributed by atoms with E-state index in [1.54, 1.807) is 12.1 Å². The third-order valence-corrected chi connectivity index (χ3v) is 6.46. The molecule has 0 amide bonds. The first-order valence-electron chi connectivity index (χ1n) is 8.75. The van der Waals surface area contributed by atoms with Crippen molar-refractivity contribution < 1.29 is 13.2 Å². The standard InChI is InChI=1S/C21H18N2O3S2/c1-2-26-18-9-11-19(12-10-18)28(24,25)23-21-22-20(14-27-21)17-8-7-15-5-3-4-6-16(15)13-17/h3-14H,2H2,1H3,(H,22,23). The van der Waals surface area contributed by atoms with Gasteiger partial charge < -0.3 is 4.74 Å². The number of sulfonamides is 1. The van der Waals surface area contributed by atoms with E-state index >= 15 is 0 Å². The molecule has 0 saturated carbocycles. The minimum atomic E-state index is -3.71. The predicted octanol–water partition coefficient (Wildman–Crippen LogP) is 5.16. The van der Waals surface area contributed by atoms with Crippen molar-refractivity contribution in [3.63, 3.8) is 0 Å². The van der Waals surface area contributed by atoms with Crippen LogP contribution in [0.5, 0.6) is 5.75 Å². The van der Waals surface area contributed by atoms with Gasteiger partial charge in [0.15, 0.2) is 5.13 Å². The molecule has 142 valence electrons. The number of fused-ring (bicyclic) bond motifs is 1. The van der Waals surface area contributed by atoms with Crippen LogP contribution in [0.2, 0.25) is 0 Å². The third kappa shape index (κ3) is 3.85. The number of aromatic nitrogens is 1. The molecule has 1 aromatic heterocycles. The number of hydrogen-bond donors (Lipinski definition) is 1. The van der Waals surface area contributed by atoms with Crippen LogP contribution in [0.1, 0.15) is 6.92 Å². The molecule has 3 aromatic carbocycles. The van der Waals surface area contributed by atoms with Crippen LogP contribution in [0, 0.1) is 0 Å². The zero-order chi connectivity index (χ0) is 19.6. The summed E-state index contributed by atoms with van der Waals surface area (Å²) in [5.41, 5.74) is 1.68. The summed E-state index contributed by atoms with van der Waals surface area (Å²) >= 11 is 1.26. The summed E-state index contributed by atoms with van der Waals surface area (Å²) in [6.45, 7) is 2.41. The Kier molecular flexibility index (Phi) is 5.02. The van der Waals surface area contributed by atoms with Gasteiger partial charge >= 0.3 is 0 Å². The van der Waals surface area contributed by atoms with Gasteiger partial charge in [-0.15, -0.1) is 11.3 Å². The zero-order valence-electron chi connectivity index (χ0n) is 15.1. The van der Waals surface area contributed by atoms with Gasteiger partial charge in [-0.25, -0.2) is 13.4 Å². The van der Waals surface area contributed by atoms with Crippen LogP contribution in [0.15, 0.2) is 77.0 Å². The SMILES string of the molecule is CCOc1ccc(S(=O)(=O)Nc2nc(-c3ccc4ccccc4c3)cs2)cc1. The Morgan fingerprint density at radius 1 is 1.00 bits per heavy atom. The highest BCUT2D eigenvalue weighted by Crippen LogP contribution is 2.29. The van der Waals surface area contributed by atoms with Gasteiger partial charge in [-0.3, -0.25) is 4.72 Å². The maximum Gasteiger partial charge on any atom is 0.263 e. The second-order valence-electron chi connectivity index (χ2n) is 6.11. The summed E-state index contributed by atoms with van der Waals surface area (Å²) < 4.78 is 33.1. The Morgan fingerprint density at radius 3 is 2.50 bits per heavy atom. The average Bonchev–Trinajstić information content (AvgIpc) is 3.16. The fourth-order valence-corrected chi connectivity index (χ4v) is 4.83. The molecule has 0 bridgehead atoms. The number of thiazole rings is 1. The molecule has 0 unspecified atom stereocenters. The molecule has 0 atom stereocenters. The van der Waals surface area contributed by atoms with Crippen LogP contribution in [0.3, 0.4) is 0 Å². The summed E-state index contributed by atoms with van der Waals surface area (Å²) in [5, 5.41) is 4.44. The summed E-state index contributed by atoms with van der Waals surface area (Å²) in [6, 6.07) is 20.5. The molecule has 0 aliphatic carbocycles. The normalized spacial score (nSPS) is 11.5. The summed E-state index contributed by atoms with van der Waals surface area (Å²) in [4.78, 5) is 4.61. The smallest absolute Gasteiger partial charge is 0.263 e. The molecule has 4 rings (SSSR count). The van der Waals surface area contributed by atoms with E-state index in [0.717, 1.165) is 22.0 Å². The molecule has 0 saturated heterocycles. The number of ether oxygens (including phenoxy) is 1. The van der Waals surface area contributed by atoms with Crippen molar-refractivity contribution in [1.29, 1.82) is 0 Å². The maximum absolute atomic E-state index is 12.6. The average molecular weight is 411 g/mol. The number of hydrogen-bond acceptors (Lipinski definition) is 5. The highest BCUT2D eigenvalue weighted by atomic mass is 32.2. The molecule has 0 spiro atoms. The molecule has 0 fully saturated rings. The Bertz CT molecular complexity index is 1220. The topological polar surface area (TPSA) is 68.3 Å². The lowest BCUT2D eigenvalue weighted by atomic mass is 10.1. The quantitative estimate of drug-likeness (QED) is 0.477. The third-order valence-electron chi connectivity index (χ3n) is 4.22. The van der Waals surface area contributed by atoms with Crippen LogP contribution >= 0.6 is 11.3 Å². The van der Waals surface area contributed by atoms with E-state index in [0.29, 0.717) is 17.5 Å². The van der Waals surface area contributed by atoms with Gasteiger partial charge in [-0.2, -0.15) is 0 Å². The molecule has 4 aromatic rings. The van der Waals surface area contributed by atoms with E-state index in [1.165, 1.54) is 23.5 Å². The van der Waals surface area contributed by atoms with E-state index in [2.05, 4.69) is 21.8 Å². The first-order valence-corrected chi connectivity index (χ1v) is 11.1. The first-order chi connectivity index (χ1) is 13.5. The highest BCUT2D eigenvalue weighted by Gasteiger charge is 2.16. The number of benzene rings is 3. The maximum atomic E-state index is 12.6. The molecule has 28 heavy (non-hydrogen) atoms. The van der Waals surface area contributed by atoms with Crippen LogP contribution in [-0.4, -0.2) is 20.0 Å². The fourth-order valence-electron chi connectivity index (χ4n) is 2.86. The van der Waals surface area contributed by atoms with E-state index in [4.69, 9.17) is 4.74 Å². The summed E-state index contributed by atoms with van der Waals surface area (Å²) in [5.74, 6) is 0.634. The highest BCUT2D eigenvalue weighted by molar-refractivity contribution is 7.93. The van der Waals surface area contributed by atoms with E-state index in [1.807, 2.05) is 42.6 Å². The minimum Gasteiger partial charge on any atom is -0.494 e. The van der Waals surface area contributed by atoms with Crippen molar-refractivity contribution >= 4 is 37.3 Å². The molecule has 1 heterocycles. The van der Waals surface area contributed by atoms with Gasteiger partial charge in [-0.1, -0.05) is 36.4 Å². The van der Waals surface area contributed by atoms with Crippen molar-refractivity contribution in [3.8, 4) is 17.0 Å². The molecule has 5 nitrogen and oxygen atoms in total. The molecule has 0 radical (unpaired) electrons. The molecule has 0 aliphatic heterocycles. The van der Waals surface area contributed by atoms with Gasteiger partial charge in [0.25, 0.3) is 10.0 Å². The summed E-state index contributed by atoms with van der Waals surface area (Å²) in [6.07, 6.45) is 0. The minimum absolute atomic E-state index is 0.165. The molecule has 7 heteroatoms. The first kappa shape index (κ1) is 18.5. The van der Waals surface area contributed by atoms with E-state index in [-0.39, 0.29) is 4.90 Å². The van der Waals surface area contributed by atoms with E-state index < -0.39 is 10.0 Å². The van der Waals surface area contributed by atoms with Crippen LogP contribution in [-0.2, 0) is 10.0 Å². The Morgan fingerprint density at radius 2 is 1.75 bits per heavy atom. The number of nitrogens with zero attached hydrogens (tertiary/aromatic N) is 1.